The van der Waals surface area contributed by atoms with E-state index in [0.29, 0.717) is 25.7 Å². The predicted octanol–water partition coefficient (Wildman–Crippen LogP) is 6.64. The minimum atomic E-state index is -0.907. The van der Waals surface area contributed by atoms with E-state index in [-0.39, 0.29) is 17.9 Å². The third-order valence-corrected chi connectivity index (χ3v) is 5.07. The summed E-state index contributed by atoms with van der Waals surface area (Å²) in [4.78, 5) is 10.7. The van der Waals surface area contributed by atoms with Crippen molar-refractivity contribution in [3.05, 3.63) is 54.9 Å². The van der Waals surface area contributed by atoms with Crippen LogP contribution in [0.15, 0.2) is 24.3 Å². The number of aryl methyl sites for hydroxylation is 1. The van der Waals surface area contributed by atoms with Crippen LogP contribution in [0.5, 0.6) is 0 Å². The van der Waals surface area contributed by atoms with Crippen molar-refractivity contribution in [3.8, 4) is 11.1 Å². The second-order valence-electron chi connectivity index (χ2n) is 4.58. The van der Waals surface area contributed by atoms with Crippen molar-refractivity contribution in [1.82, 2.24) is 0 Å². The number of rotatable bonds is 4. The molecule has 1 N–H and O–H groups in total. The molecule has 2 aromatic carbocycles. The van der Waals surface area contributed by atoms with E-state index < -0.39 is 5.97 Å². The second kappa shape index (κ2) is 7.29. The first-order chi connectivity index (χ1) is 10.3. The van der Waals surface area contributed by atoms with Crippen LogP contribution in [0, 0.1) is 0 Å². The van der Waals surface area contributed by atoms with E-state index in [0.717, 1.165) is 11.1 Å². The molecule has 0 unspecified atom stereocenters. The third kappa shape index (κ3) is 4.01. The van der Waals surface area contributed by atoms with Gasteiger partial charge in [-0.05, 0) is 47.4 Å². The number of halogens is 5. The number of aliphatic carboxylic acids is 1. The van der Waals surface area contributed by atoms with E-state index >= 15 is 0 Å². The first kappa shape index (κ1) is 17.7. The van der Waals surface area contributed by atoms with Gasteiger partial charge in [0.15, 0.2) is 0 Å². The first-order valence-corrected chi connectivity index (χ1v) is 8.03. The zero-order valence-corrected chi connectivity index (χ0v) is 14.7. The fourth-order valence-corrected chi connectivity index (χ4v) is 3.00. The van der Waals surface area contributed by atoms with Gasteiger partial charge in [0, 0.05) is 6.42 Å². The van der Waals surface area contributed by atoms with Crippen molar-refractivity contribution in [2.75, 3.05) is 0 Å². The summed E-state index contributed by atoms with van der Waals surface area (Å²) in [6.45, 7) is 0. The Balaban J connectivity index is 2.50. The fraction of sp³-hybridized carbons (Fsp3) is 0.133. The lowest BCUT2D eigenvalue weighted by molar-refractivity contribution is -0.136. The highest BCUT2D eigenvalue weighted by Crippen LogP contribution is 2.38. The lowest BCUT2D eigenvalue weighted by Gasteiger charge is -2.11. The van der Waals surface area contributed by atoms with Gasteiger partial charge in [-0.15, -0.1) is 0 Å². The zero-order chi connectivity index (χ0) is 16.4. The standard InChI is InChI=1S/C15H9Cl5O2/c16-10-4-8(3-7(14(10)19)1-2-13(21)22)9-5-11(17)15(20)12(18)6-9/h3-6H,1-2H2,(H,21,22). The van der Waals surface area contributed by atoms with Crippen LogP contribution in [-0.2, 0) is 11.2 Å². The van der Waals surface area contributed by atoms with Crippen LogP contribution >= 0.6 is 58.0 Å². The average Bonchev–Trinajstić information content (AvgIpc) is 2.45. The molecule has 0 aromatic heterocycles. The van der Waals surface area contributed by atoms with Gasteiger partial charge in [-0.25, -0.2) is 0 Å². The molecule has 0 fully saturated rings. The second-order valence-corrected chi connectivity index (χ2v) is 6.56. The number of benzene rings is 2. The van der Waals surface area contributed by atoms with Gasteiger partial charge >= 0.3 is 5.97 Å². The molecular weight excluding hydrogens is 389 g/mol. The summed E-state index contributed by atoms with van der Waals surface area (Å²) in [5, 5.41) is 10.4. The third-order valence-electron chi connectivity index (χ3n) is 3.03. The van der Waals surface area contributed by atoms with E-state index in [2.05, 4.69) is 0 Å². The Labute approximate surface area is 152 Å². The van der Waals surface area contributed by atoms with Crippen LogP contribution in [0.1, 0.15) is 12.0 Å². The van der Waals surface area contributed by atoms with Crippen molar-refractivity contribution in [3.63, 3.8) is 0 Å². The maximum Gasteiger partial charge on any atom is 0.303 e. The molecule has 0 atom stereocenters. The molecule has 0 bridgehead atoms. The van der Waals surface area contributed by atoms with E-state index in [1.165, 1.54) is 0 Å². The Morgan fingerprint density at radius 3 is 1.77 bits per heavy atom. The van der Waals surface area contributed by atoms with Gasteiger partial charge in [0.1, 0.15) is 0 Å². The Bertz CT molecular complexity index is 720. The Morgan fingerprint density at radius 1 is 0.818 bits per heavy atom. The highest BCUT2D eigenvalue weighted by molar-refractivity contribution is 6.48. The minimum Gasteiger partial charge on any atom is -0.481 e. The van der Waals surface area contributed by atoms with Crippen LogP contribution in [0.4, 0.5) is 0 Å². The molecule has 22 heavy (non-hydrogen) atoms. The molecule has 2 rings (SSSR count). The van der Waals surface area contributed by atoms with Crippen LogP contribution < -0.4 is 0 Å². The SMILES string of the molecule is O=C(O)CCc1cc(-c2cc(Cl)c(Cl)c(Cl)c2)cc(Cl)c1Cl. The topological polar surface area (TPSA) is 37.3 Å². The number of carboxylic acid groups (broad SMARTS) is 1. The summed E-state index contributed by atoms with van der Waals surface area (Å²) in [7, 11) is 0. The monoisotopic (exact) mass is 396 g/mol. The maximum absolute atomic E-state index is 10.7. The molecule has 0 saturated heterocycles. The summed E-state index contributed by atoms with van der Waals surface area (Å²) in [6.07, 6.45) is 0.235. The summed E-state index contributed by atoms with van der Waals surface area (Å²) in [5.74, 6) is -0.907. The van der Waals surface area contributed by atoms with Crippen molar-refractivity contribution in [2.45, 2.75) is 12.8 Å². The van der Waals surface area contributed by atoms with Gasteiger partial charge in [-0.1, -0.05) is 58.0 Å². The molecule has 2 aromatic rings. The molecule has 0 aliphatic heterocycles. The molecule has 116 valence electrons. The van der Waals surface area contributed by atoms with Crippen LogP contribution in [0.25, 0.3) is 11.1 Å². The van der Waals surface area contributed by atoms with E-state index in [9.17, 15) is 4.79 Å². The number of hydrogen-bond donors (Lipinski definition) is 1. The Kier molecular flexibility index (Phi) is 5.87. The van der Waals surface area contributed by atoms with Crippen molar-refractivity contribution >= 4 is 64.0 Å². The smallest absolute Gasteiger partial charge is 0.303 e. The molecule has 0 amide bonds. The van der Waals surface area contributed by atoms with Crippen LogP contribution in [0.2, 0.25) is 25.1 Å². The number of carbonyl (C=O) groups is 1. The van der Waals surface area contributed by atoms with E-state index in [1.54, 1.807) is 24.3 Å². The molecule has 0 heterocycles. The molecule has 0 radical (unpaired) electrons. The van der Waals surface area contributed by atoms with Gasteiger partial charge in [0.2, 0.25) is 0 Å². The largest absolute Gasteiger partial charge is 0.481 e. The van der Waals surface area contributed by atoms with E-state index in [4.69, 9.17) is 63.1 Å². The van der Waals surface area contributed by atoms with Crippen LogP contribution in [0.3, 0.4) is 0 Å². The normalized spacial score (nSPS) is 10.8. The number of carboxylic acids is 1. The molecule has 2 nitrogen and oxygen atoms in total. The zero-order valence-electron chi connectivity index (χ0n) is 11.0. The Morgan fingerprint density at radius 2 is 1.27 bits per heavy atom. The van der Waals surface area contributed by atoms with Gasteiger partial charge in [0.25, 0.3) is 0 Å². The molecule has 0 saturated carbocycles. The predicted molar refractivity (Wildman–Crippen MR) is 92.9 cm³/mol. The molecule has 0 spiro atoms. The summed E-state index contributed by atoms with van der Waals surface area (Å²) >= 11 is 30.2. The van der Waals surface area contributed by atoms with Crippen molar-refractivity contribution in [1.29, 1.82) is 0 Å². The summed E-state index contributed by atoms with van der Waals surface area (Å²) in [5.41, 5.74) is 2.10. The van der Waals surface area contributed by atoms with Crippen LogP contribution in [-0.4, -0.2) is 11.1 Å². The van der Waals surface area contributed by atoms with Gasteiger partial charge in [-0.3, -0.25) is 4.79 Å². The van der Waals surface area contributed by atoms with Crippen molar-refractivity contribution in [2.24, 2.45) is 0 Å². The highest BCUT2D eigenvalue weighted by atomic mass is 35.5. The number of hydrogen-bond acceptors (Lipinski definition) is 1. The molecule has 7 heteroatoms. The minimum absolute atomic E-state index is 0.0400. The first-order valence-electron chi connectivity index (χ1n) is 6.14. The molecule has 0 aliphatic carbocycles. The quantitative estimate of drug-likeness (QED) is 0.586. The average molecular weight is 399 g/mol. The summed E-state index contributed by atoms with van der Waals surface area (Å²) in [6, 6.07) is 6.77. The molecular formula is C15H9Cl5O2. The lowest BCUT2D eigenvalue weighted by atomic mass is 10.0. The van der Waals surface area contributed by atoms with E-state index in [1.807, 2.05) is 0 Å². The summed E-state index contributed by atoms with van der Waals surface area (Å²) < 4.78 is 0. The van der Waals surface area contributed by atoms with Gasteiger partial charge < -0.3 is 5.11 Å². The van der Waals surface area contributed by atoms with Crippen molar-refractivity contribution < 1.29 is 9.90 Å². The Hall–Kier alpha value is -0.640. The lowest BCUT2D eigenvalue weighted by Crippen LogP contribution is -1.98. The van der Waals surface area contributed by atoms with Gasteiger partial charge in [-0.2, -0.15) is 0 Å². The van der Waals surface area contributed by atoms with Gasteiger partial charge in [0.05, 0.1) is 25.1 Å². The molecule has 0 aliphatic rings. The highest BCUT2D eigenvalue weighted by Gasteiger charge is 2.13. The fourth-order valence-electron chi connectivity index (χ4n) is 1.96. The maximum atomic E-state index is 10.7.